The number of nitrogens with one attached hydrogen (secondary N) is 1. The fourth-order valence-corrected chi connectivity index (χ4v) is 2.35. The summed E-state index contributed by atoms with van der Waals surface area (Å²) in [6.07, 6.45) is 0. The number of thiophene rings is 1. The summed E-state index contributed by atoms with van der Waals surface area (Å²) in [4.78, 5) is 1.17. The zero-order valence-electron chi connectivity index (χ0n) is 7.03. The molecule has 14 heavy (non-hydrogen) atoms. The summed E-state index contributed by atoms with van der Waals surface area (Å²) in [6, 6.07) is 2.39. The lowest BCUT2D eigenvalue weighted by Crippen LogP contribution is -1.97. The van der Waals surface area contributed by atoms with E-state index in [1.54, 1.807) is 11.3 Å². The Kier molecular flexibility index (Phi) is 2.69. The van der Waals surface area contributed by atoms with Crippen LogP contribution in [0, 0.1) is 0 Å². The third-order valence-electron chi connectivity index (χ3n) is 1.53. The molecule has 0 bridgehead atoms. The van der Waals surface area contributed by atoms with E-state index < -0.39 is 0 Å². The second-order valence-corrected chi connectivity index (χ2v) is 4.35. The smallest absolute Gasteiger partial charge is 0.317 e. The van der Waals surface area contributed by atoms with Crippen molar-refractivity contribution in [3.05, 3.63) is 20.8 Å². The molecule has 3 N–H and O–H groups in total. The molecule has 2 aromatic heterocycles. The van der Waals surface area contributed by atoms with Gasteiger partial charge in [0.05, 0.1) is 6.54 Å². The molecule has 2 rings (SSSR count). The summed E-state index contributed by atoms with van der Waals surface area (Å²) in [5, 5.41) is 12.2. The predicted molar refractivity (Wildman–Crippen MR) is 58.1 cm³/mol. The van der Waals surface area contributed by atoms with Gasteiger partial charge in [-0.15, -0.1) is 11.3 Å². The van der Waals surface area contributed by atoms with E-state index in [2.05, 4.69) is 31.4 Å². The first-order chi connectivity index (χ1) is 6.75. The number of nitrogens with two attached hydrogens (primary N) is 1. The van der Waals surface area contributed by atoms with Crippen LogP contribution in [0.4, 0.5) is 12.0 Å². The molecule has 0 aliphatic rings. The summed E-state index contributed by atoms with van der Waals surface area (Å²) in [5.74, 6) is 0. The summed E-state index contributed by atoms with van der Waals surface area (Å²) >= 11 is 5.07. The molecule has 74 valence electrons. The van der Waals surface area contributed by atoms with E-state index in [0.29, 0.717) is 12.6 Å². The molecule has 5 nitrogen and oxygen atoms in total. The molecule has 0 saturated carbocycles. The fraction of sp³-hybridized carbons (Fsp3) is 0.143. The van der Waals surface area contributed by atoms with Gasteiger partial charge in [-0.25, -0.2) is 0 Å². The van der Waals surface area contributed by atoms with Crippen LogP contribution in [0.1, 0.15) is 4.88 Å². The Morgan fingerprint density at radius 2 is 2.43 bits per heavy atom. The number of nitrogens with zero attached hydrogens (tertiary/aromatic N) is 2. The number of aromatic nitrogens is 2. The standard InChI is InChI=1S/C7H7BrN4OS/c8-4-1-2-14-5(4)3-10-7-12-11-6(9)13-7/h1-2H,3H2,(H2,9,11)(H,10,12). The van der Waals surface area contributed by atoms with Gasteiger partial charge >= 0.3 is 12.0 Å². The molecule has 0 amide bonds. The lowest BCUT2D eigenvalue weighted by Gasteiger charge is -1.98. The highest BCUT2D eigenvalue weighted by molar-refractivity contribution is 9.10. The molecule has 0 aliphatic heterocycles. The summed E-state index contributed by atoms with van der Waals surface area (Å²) in [7, 11) is 0. The molecular formula is C7H7BrN4OS. The van der Waals surface area contributed by atoms with Crippen molar-refractivity contribution in [3.8, 4) is 0 Å². The average Bonchev–Trinajstić information content (AvgIpc) is 2.72. The summed E-state index contributed by atoms with van der Waals surface area (Å²) in [5.41, 5.74) is 5.27. The normalized spacial score (nSPS) is 10.4. The molecule has 0 atom stereocenters. The highest BCUT2D eigenvalue weighted by Crippen LogP contribution is 2.23. The van der Waals surface area contributed by atoms with Crippen LogP contribution in [0.15, 0.2) is 20.3 Å². The maximum atomic E-state index is 5.27. The van der Waals surface area contributed by atoms with E-state index in [1.807, 2.05) is 11.4 Å². The van der Waals surface area contributed by atoms with Crippen LogP contribution in [0.2, 0.25) is 0 Å². The predicted octanol–water partition coefficient (Wildman–Crippen LogP) is 2.09. The lowest BCUT2D eigenvalue weighted by molar-refractivity contribution is 0.586. The van der Waals surface area contributed by atoms with Crippen molar-refractivity contribution in [2.45, 2.75) is 6.54 Å². The van der Waals surface area contributed by atoms with Crippen LogP contribution in [-0.2, 0) is 6.54 Å². The Labute approximate surface area is 92.5 Å². The Balaban J connectivity index is 1.98. The highest BCUT2D eigenvalue weighted by atomic mass is 79.9. The molecule has 2 heterocycles. The number of anilines is 2. The van der Waals surface area contributed by atoms with Crippen molar-refractivity contribution in [2.24, 2.45) is 0 Å². The second kappa shape index (κ2) is 3.97. The lowest BCUT2D eigenvalue weighted by atomic mass is 10.5. The molecule has 0 fully saturated rings. The van der Waals surface area contributed by atoms with Gasteiger partial charge in [-0.2, -0.15) is 0 Å². The first-order valence-electron chi connectivity index (χ1n) is 3.80. The highest BCUT2D eigenvalue weighted by Gasteiger charge is 2.04. The van der Waals surface area contributed by atoms with Crippen molar-refractivity contribution in [3.63, 3.8) is 0 Å². The van der Waals surface area contributed by atoms with Gasteiger partial charge in [0.25, 0.3) is 0 Å². The Bertz CT molecular complexity index is 427. The molecular weight excluding hydrogens is 268 g/mol. The minimum absolute atomic E-state index is 0.0674. The number of rotatable bonds is 3. The Morgan fingerprint density at radius 1 is 1.57 bits per heavy atom. The molecule has 0 aliphatic carbocycles. The quantitative estimate of drug-likeness (QED) is 0.896. The number of nitrogen functional groups attached to an aromatic ring is 1. The maximum absolute atomic E-state index is 5.27. The van der Waals surface area contributed by atoms with E-state index in [-0.39, 0.29) is 6.01 Å². The average molecular weight is 275 g/mol. The van der Waals surface area contributed by atoms with Crippen LogP contribution in [-0.4, -0.2) is 10.2 Å². The molecule has 0 radical (unpaired) electrons. The monoisotopic (exact) mass is 274 g/mol. The van der Waals surface area contributed by atoms with E-state index >= 15 is 0 Å². The SMILES string of the molecule is Nc1nnc(NCc2sccc2Br)o1. The van der Waals surface area contributed by atoms with Crippen molar-refractivity contribution < 1.29 is 4.42 Å². The first-order valence-corrected chi connectivity index (χ1v) is 5.47. The molecule has 0 unspecified atom stereocenters. The van der Waals surface area contributed by atoms with E-state index in [4.69, 9.17) is 10.2 Å². The maximum Gasteiger partial charge on any atom is 0.317 e. The van der Waals surface area contributed by atoms with Crippen molar-refractivity contribution in [2.75, 3.05) is 11.1 Å². The largest absolute Gasteiger partial charge is 0.390 e. The van der Waals surface area contributed by atoms with Crippen LogP contribution >= 0.6 is 27.3 Å². The van der Waals surface area contributed by atoms with Crippen LogP contribution in [0.5, 0.6) is 0 Å². The Hall–Kier alpha value is -1.08. The minimum Gasteiger partial charge on any atom is -0.390 e. The van der Waals surface area contributed by atoms with E-state index in [9.17, 15) is 0 Å². The van der Waals surface area contributed by atoms with Crippen molar-refractivity contribution >= 4 is 39.3 Å². The molecule has 0 saturated heterocycles. The Morgan fingerprint density at radius 3 is 3.00 bits per heavy atom. The van der Waals surface area contributed by atoms with Crippen molar-refractivity contribution in [1.82, 2.24) is 10.2 Å². The van der Waals surface area contributed by atoms with Gasteiger partial charge in [0.1, 0.15) is 0 Å². The van der Waals surface area contributed by atoms with Gasteiger partial charge in [-0.3, -0.25) is 0 Å². The molecule has 0 spiro atoms. The number of hydrogen-bond donors (Lipinski definition) is 2. The number of halogens is 1. The van der Waals surface area contributed by atoms with Crippen LogP contribution in [0.3, 0.4) is 0 Å². The van der Waals surface area contributed by atoms with Gasteiger partial charge in [0.15, 0.2) is 0 Å². The third kappa shape index (κ3) is 2.05. The summed E-state index contributed by atoms with van der Waals surface area (Å²) in [6.45, 7) is 0.639. The summed E-state index contributed by atoms with van der Waals surface area (Å²) < 4.78 is 6.03. The molecule has 2 aromatic rings. The van der Waals surface area contributed by atoms with Gasteiger partial charge in [-0.05, 0) is 27.4 Å². The van der Waals surface area contributed by atoms with Gasteiger partial charge < -0.3 is 15.5 Å². The van der Waals surface area contributed by atoms with Crippen molar-refractivity contribution in [1.29, 1.82) is 0 Å². The third-order valence-corrected chi connectivity index (χ3v) is 3.46. The van der Waals surface area contributed by atoms with Crippen LogP contribution < -0.4 is 11.1 Å². The zero-order chi connectivity index (χ0) is 9.97. The number of hydrogen-bond acceptors (Lipinski definition) is 6. The second-order valence-electron chi connectivity index (χ2n) is 2.49. The van der Waals surface area contributed by atoms with E-state index in [0.717, 1.165) is 4.47 Å². The first kappa shape index (κ1) is 9.47. The van der Waals surface area contributed by atoms with Crippen LogP contribution in [0.25, 0.3) is 0 Å². The zero-order valence-corrected chi connectivity index (χ0v) is 9.43. The minimum atomic E-state index is 0.0674. The molecule has 7 heteroatoms. The fourth-order valence-electron chi connectivity index (χ4n) is 0.913. The van der Waals surface area contributed by atoms with Gasteiger partial charge in [0, 0.05) is 9.35 Å². The van der Waals surface area contributed by atoms with E-state index in [1.165, 1.54) is 4.88 Å². The van der Waals surface area contributed by atoms with Gasteiger partial charge in [-0.1, -0.05) is 10.2 Å². The molecule has 0 aromatic carbocycles. The topological polar surface area (TPSA) is 77.0 Å². The van der Waals surface area contributed by atoms with Gasteiger partial charge in [0.2, 0.25) is 0 Å².